The maximum atomic E-state index is 13.3. The molecule has 0 aliphatic carbocycles. The highest BCUT2D eigenvalue weighted by molar-refractivity contribution is 6.21. The van der Waals surface area contributed by atoms with Gasteiger partial charge in [0.15, 0.2) is 0 Å². The Kier molecular flexibility index (Phi) is 4.72. The average Bonchev–Trinajstić information content (AvgIpc) is 3.35. The van der Waals surface area contributed by atoms with Gasteiger partial charge < -0.3 is 14.3 Å². The molecule has 1 aromatic heterocycles. The predicted octanol–water partition coefficient (Wildman–Crippen LogP) is -0.130. The molecule has 11 nitrogen and oxygen atoms in total. The summed E-state index contributed by atoms with van der Waals surface area (Å²) in [5.41, 5.74) is 1.23. The van der Waals surface area contributed by atoms with Crippen LogP contribution in [0, 0.1) is 0 Å². The van der Waals surface area contributed by atoms with Crippen LogP contribution >= 0.6 is 0 Å². The first kappa shape index (κ1) is 19.9. The highest BCUT2D eigenvalue weighted by atomic mass is 16.5. The number of aromatic nitrogens is 2. The van der Waals surface area contributed by atoms with E-state index in [0.717, 1.165) is 10.5 Å². The lowest BCUT2D eigenvalue weighted by Crippen LogP contribution is -2.55. The van der Waals surface area contributed by atoms with Crippen molar-refractivity contribution in [3.05, 3.63) is 47.6 Å². The molecule has 4 amide bonds. The number of piperidine rings is 1. The predicted molar refractivity (Wildman–Crippen MR) is 108 cm³/mol. The van der Waals surface area contributed by atoms with E-state index in [1.165, 1.54) is 0 Å². The van der Waals surface area contributed by atoms with E-state index in [1.807, 2.05) is 30.3 Å². The highest BCUT2D eigenvalue weighted by Gasteiger charge is 2.50. The summed E-state index contributed by atoms with van der Waals surface area (Å²) in [6, 6.07) is 8.34. The average molecular weight is 436 g/mol. The quantitative estimate of drug-likeness (QED) is 0.652. The minimum Gasteiger partial charge on any atom is -0.366 e. The van der Waals surface area contributed by atoms with Crippen LogP contribution in [0.4, 0.5) is 0 Å². The summed E-state index contributed by atoms with van der Waals surface area (Å²) < 4.78 is 5.38. The van der Waals surface area contributed by atoms with E-state index < -0.39 is 29.7 Å². The van der Waals surface area contributed by atoms with E-state index in [1.54, 1.807) is 16.8 Å². The summed E-state index contributed by atoms with van der Waals surface area (Å²) in [4.78, 5) is 59.1. The van der Waals surface area contributed by atoms with Gasteiger partial charge in [-0.05, 0) is 6.42 Å². The number of carbonyl (C=O) groups is 4. The summed E-state index contributed by atoms with van der Waals surface area (Å²) in [5.74, 6) is -1.41. The van der Waals surface area contributed by atoms with Crippen molar-refractivity contribution < 1.29 is 23.7 Å². The molecule has 3 aliphatic rings. The van der Waals surface area contributed by atoms with E-state index in [0.29, 0.717) is 24.8 Å². The molecule has 1 saturated heterocycles. The number of nitrogens with zero attached hydrogens (tertiary/aromatic N) is 5. The number of hydrogen-bond donors (Lipinski definition) is 1. The van der Waals surface area contributed by atoms with Gasteiger partial charge in [0.2, 0.25) is 23.5 Å². The van der Waals surface area contributed by atoms with Crippen LogP contribution in [-0.4, -0.2) is 74.6 Å². The smallest absolute Gasteiger partial charge is 0.280 e. The van der Waals surface area contributed by atoms with Crippen LogP contribution in [0.25, 0.3) is 11.4 Å². The monoisotopic (exact) mass is 436 g/mol. The zero-order valence-corrected chi connectivity index (χ0v) is 17.3. The number of imide groups is 2. The molecule has 1 aromatic carbocycles. The zero-order chi connectivity index (χ0) is 22.4. The maximum absolute atomic E-state index is 13.3. The molecule has 1 atom stereocenters. The van der Waals surface area contributed by atoms with Crippen LogP contribution in [0.15, 0.2) is 46.2 Å². The standard InChI is InChI=1S/C21H20N6O5/c1-25-9-10-26(11-15-23-18(24-32-15)12-5-3-2-4-6-12)17-16(25)20(30)27(21(17)31)13-7-8-14(28)22-19(13)29/h2-6,13H,7-11H2,1H3,(H,22,28,29). The van der Waals surface area contributed by atoms with Crippen LogP contribution in [0.5, 0.6) is 0 Å². The van der Waals surface area contributed by atoms with E-state index in [-0.39, 0.29) is 30.8 Å². The van der Waals surface area contributed by atoms with Crippen molar-refractivity contribution in [1.82, 2.24) is 30.2 Å². The Morgan fingerprint density at radius 2 is 1.81 bits per heavy atom. The van der Waals surface area contributed by atoms with Crippen LogP contribution in [-0.2, 0) is 25.7 Å². The van der Waals surface area contributed by atoms with Crippen molar-refractivity contribution >= 4 is 23.6 Å². The van der Waals surface area contributed by atoms with Gasteiger partial charge in [-0.15, -0.1) is 0 Å². The van der Waals surface area contributed by atoms with Gasteiger partial charge >= 0.3 is 0 Å². The van der Waals surface area contributed by atoms with Crippen LogP contribution < -0.4 is 5.32 Å². The molecule has 5 rings (SSSR count). The topological polar surface area (TPSA) is 129 Å². The summed E-state index contributed by atoms with van der Waals surface area (Å²) in [5, 5.41) is 6.21. The Balaban J connectivity index is 1.41. The first-order valence-corrected chi connectivity index (χ1v) is 10.2. The lowest BCUT2D eigenvalue weighted by molar-refractivity contribution is -0.150. The van der Waals surface area contributed by atoms with E-state index in [4.69, 9.17) is 4.52 Å². The molecular formula is C21H20N6O5. The van der Waals surface area contributed by atoms with Gasteiger partial charge in [0.1, 0.15) is 17.4 Å². The molecule has 1 fully saturated rings. The molecule has 0 saturated carbocycles. The van der Waals surface area contributed by atoms with Crippen molar-refractivity contribution in [3.63, 3.8) is 0 Å². The lowest BCUT2D eigenvalue weighted by atomic mass is 10.0. The van der Waals surface area contributed by atoms with Gasteiger partial charge in [0.05, 0.1) is 6.54 Å². The van der Waals surface area contributed by atoms with Crippen molar-refractivity contribution in [2.24, 2.45) is 0 Å². The Morgan fingerprint density at radius 1 is 1.06 bits per heavy atom. The summed E-state index contributed by atoms with van der Waals surface area (Å²) in [7, 11) is 1.73. The first-order valence-electron chi connectivity index (χ1n) is 10.2. The molecule has 3 aliphatic heterocycles. The number of nitrogens with one attached hydrogen (secondary N) is 1. The van der Waals surface area contributed by atoms with Gasteiger partial charge in [-0.2, -0.15) is 4.98 Å². The fourth-order valence-corrected chi connectivity index (χ4v) is 4.20. The molecule has 11 heteroatoms. The second-order valence-electron chi connectivity index (χ2n) is 7.87. The van der Waals surface area contributed by atoms with Gasteiger partial charge in [-0.3, -0.25) is 29.4 Å². The molecule has 2 aromatic rings. The Hall–Kier alpha value is -4.02. The van der Waals surface area contributed by atoms with Gasteiger partial charge in [0.25, 0.3) is 11.8 Å². The third-order valence-corrected chi connectivity index (χ3v) is 5.82. The summed E-state index contributed by atoms with van der Waals surface area (Å²) in [6.45, 7) is 1.11. The number of amides is 4. The number of rotatable bonds is 4. The molecule has 32 heavy (non-hydrogen) atoms. The van der Waals surface area contributed by atoms with Gasteiger partial charge in [0, 0.05) is 32.1 Å². The molecule has 0 bridgehead atoms. The number of likely N-dealkylation sites (N-methyl/N-ethyl adjacent to an activating group) is 1. The largest absolute Gasteiger partial charge is 0.366 e. The van der Waals surface area contributed by atoms with Crippen molar-refractivity contribution in [3.8, 4) is 11.4 Å². The fraction of sp³-hybridized carbons (Fsp3) is 0.333. The van der Waals surface area contributed by atoms with Crippen molar-refractivity contribution in [1.29, 1.82) is 0 Å². The van der Waals surface area contributed by atoms with Gasteiger partial charge in [-0.25, -0.2) is 0 Å². The van der Waals surface area contributed by atoms with Crippen molar-refractivity contribution in [2.45, 2.75) is 25.4 Å². The third-order valence-electron chi connectivity index (χ3n) is 5.82. The van der Waals surface area contributed by atoms with E-state index in [2.05, 4.69) is 15.5 Å². The maximum Gasteiger partial charge on any atom is 0.280 e. The van der Waals surface area contributed by atoms with E-state index in [9.17, 15) is 19.2 Å². The SMILES string of the molecule is CN1CCN(Cc2nc(-c3ccccc3)no2)C2=C1C(=O)N(C1CCC(=O)NC1=O)C2=O. The molecular weight excluding hydrogens is 416 g/mol. The number of hydrogen-bond acceptors (Lipinski definition) is 9. The highest BCUT2D eigenvalue weighted by Crippen LogP contribution is 2.33. The minimum absolute atomic E-state index is 0.0714. The minimum atomic E-state index is -1.01. The molecule has 0 radical (unpaired) electrons. The number of carbonyl (C=O) groups excluding carboxylic acids is 4. The van der Waals surface area contributed by atoms with Crippen LogP contribution in [0.3, 0.4) is 0 Å². The Bertz CT molecular complexity index is 1160. The second kappa shape index (κ2) is 7.59. The Morgan fingerprint density at radius 3 is 2.56 bits per heavy atom. The third kappa shape index (κ3) is 3.22. The second-order valence-corrected chi connectivity index (χ2v) is 7.87. The first-order chi connectivity index (χ1) is 15.4. The summed E-state index contributed by atoms with van der Waals surface area (Å²) in [6.07, 6.45) is 0.179. The van der Waals surface area contributed by atoms with Crippen molar-refractivity contribution in [2.75, 3.05) is 20.1 Å². The van der Waals surface area contributed by atoms with Crippen LogP contribution in [0.2, 0.25) is 0 Å². The Labute approximate surface area is 182 Å². The van der Waals surface area contributed by atoms with Gasteiger partial charge in [-0.1, -0.05) is 35.5 Å². The fourth-order valence-electron chi connectivity index (χ4n) is 4.20. The van der Waals surface area contributed by atoms with Crippen LogP contribution in [0.1, 0.15) is 18.7 Å². The molecule has 1 unspecified atom stereocenters. The number of benzene rings is 1. The molecule has 4 heterocycles. The lowest BCUT2D eigenvalue weighted by Gasteiger charge is -2.33. The molecule has 0 spiro atoms. The zero-order valence-electron chi connectivity index (χ0n) is 17.3. The molecule has 164 valence electrons. The molecule has 1 N–H and O–H groups in total. The normalized spacial score (nSPS) is 21.4. The van der Waals surface area contributed by atoms with E-state index >= 15 is 0 Å². The summed E-state index contributed by atoms with van der Waals surface area (Å²) >= 11 is 0.